The number of halogens is 13. The van der Waals surface area contributed by atoms with Crippen LogP contribution in [0.15, 0.2) is 12.2 Å². The molecule has 32 heavy (non-hydrogen) atoms. The van der Waals surface area contributed by atoms with Crippen molar-refractivity contribution in [1.82, 2.24) is 4.90 Å². The number of nitrogens with zero attached hydrogens (tertiary/aromatic N) is 1. The topological polar surface area (TPSA) is 20.3 Å². The van der Waals surface area contributed by atoms with E-state index >= 15 is 0 Å². The maximum Gasteiger partial charge on any atom is 0.460 e. The Kier molecular flexibility index (Phi) is 9.14. The van der Waals surface area contributed by atoms with Crippen LogP contribution >= 0.6 is 0 Å². The fourth-order valence-corrected chi connectivity index (χ4v) is 2.27. The van der Waals surface area contributed by atoms with Gasteiger partial charge >= 0.3 is 35.8 Å². The van der Waals surface area contributed by atoms with E-state index in [1.807, 2.05) is 0 Å². The summed E-state index contributed by atoms with van der Waals surface area (Å²) >= 11 is 0. The number of carbonyl (C=O) groups is 1. The van der Waals surface area contributed by atoms with E-state index < -0.39 is 54.7 Å². The molecular formula is C17H20F13NO. The fourth-order valence-electron chi connectivity index (χ4n) is 2.27. The second-order valence-corrected chi connectivity index (χ2v) is 6.85. The van der Waals surface area contributed by atoms with Crippen LogP contribution in [0.25, 0.3) is 0 Å². The van der Waals surface area contributed by atoms with Gasteiger partial charge in [-0.2, -0.15) is 57.1 Å². The smallest absolute Gasteiger partial charge is 0.339 e. The van der Waals surface area contributed by atoms with E-state index in [1.165, 1.54) is 6.92 Å². The molecule has 2 nitrogen and oxygen atoms in total. The number of alkyl halides is 13. The average molecular weight is 501 g/mol. The number of hydrogen-bond acceptors (Lipinski definition) is 1. The number of hydrogen-bond donors (Lipinski definition) is 0. The second kappa shape index (κ2) is 9.65. The molecule has 0 aromatic carbocycles. The summed E-state index contributed by atoms with van der Waals surface area (Å²) in [6, 6.07) is 0. The van der Waals surface area contributed by atoms with E-state index in [4.69, 9.17) is 0 Å². The predicted molar refractivity (Wildman–Crippen MR) is 86.3 cm³/mol. The van der Waals surface area contributed by atoms with Gasteiger partial charge in [-0.25, -0.2) is 0 Å². The zero-order chi connectivity index (χ0) is 26.0. The van der Waals surface area contributed by atoms with E-state index in [-0.39, 0.29) is 25.0 Å². The molecule has 1 amide bonds. The third-order valence-electron chi connectivity index (χ3n) is 4.49. The van der Waals surface area contributed by atoms with E-state index in [2.05, 4.69) is 6.58 Å². The molecular weight excluding hydrogens is 481 g/mol. The molecule has 0 aliphatic rings. The van der Waals surface area contributed by atoms with Gasteiger partial charge in [0.1, 0.15) is 0 Å². The van der Waals surface area contributed by atoms with Crippen molar-refractivity contribution >= 4 is 5.91 Å². The molecule has 0 heterocycles. The minimum absolute atomic E-state index is 0.0230. The van der Waals surface area contributed by atoms with E-state index in [9.17, 15) is 61.9 Å². The van der Waals surface area contributed by atoms with Crippen molar-refractivity contribution in [3.8, 4) is 0 Å². The Morgan fingerprint density at radius 3 is 1.53 bits per heavy atom. The van der Waals surface area contributed by atoms with Gasteiger partial charge in [0, 0.05) is 25.1 Å². The number of carbonyl (C=O) groups excluding carboxylic acids is 1. The van der Waals surface area contributed by atoms with Crippen LogP contribution in [0.2, 0.25) is 0 Å². The molecule has 0 aromatic rings. The quantitative estimate of drug-likeness (QED) is 0.215. The molecule has 0 N–H and O–H groups in total. The third kappa shape index (κ3) is 5.26. The molecule has 0 aliphatic heterocycles. The number of amides is 1. The molecule has 0 bridgehead atoms. The average Bonchev–Trinajstić information content (AvgIpc) is 2.65. The lowest BCUT2D eigenvalue weighted by Crippen LogP contribution is -2.70. The Hall–Kier alpha value is -1.70. The van der Waals surface area contributed by atoms with Crippen LogP contribution in [-0.2, 0) is 4.79 Å². The van der Waals surface area contributed by atoms with Crippen molar-refractivity contribution in [2.75, 3.05) is 13.1 Å². The molecule has 0 spiro atoms. The highest BCUT2D eigenvalue weighted by atomic mass is 19.4. The lowest BCUT2D eigenvalue weighted by atomic mass is 9.92. The predicted octanol–water partition coefficient (Wildman–Crippen LogP) is 6.71. The molecule has 15 heteroatoms. The number of rotatable bonds is 12. The Morgan fingerprint density at radius 2 is 1.16 bits per heavy atom. The highest BCUT2D eigenvalue weighted by molar-refractivity contribution is 5.92. The second-order valence-electron chi connectivity index (χ2n) is 6.85. The molecule has 0 aromatic heterocycles. The third-order valence-corrected chi connectivity index (χ3v) is 4.49. The maximum absolute atomic E-state index is 13.9. The number of unbranched alkanes of at least 4 members (excludes halogenated alkanes) is 1. The van der Waals surface area contributed by atoms with Crippen LogP contribution in [0, 0.1) is 0 Å². The molecule has 190 valence electrons. The molecule has 0 fully saturated rings. The van der Waals surface area contributed by atoms with Crippen molar-refractivity contribution < 1.29 is 61.9 Å². The van der Waals surface area contributed by atoms with Crippen molar-refractivity contribution in [2.45, 2.75) is 75.3 Å². The van der Waals surface area contributed by atoms with E-state index in [0.717, 1.165) is 0 Å². The van der Waals surface area contributed by atoms with Crippen LogP contribution in [0.4, 0.5) is 57.1 Å². The van der Waals surface area contributed by atoms with Crippen molar-refractivity contribution in [3.05, 3.63) is 12.2 Å². The molecule has 0 rings (SSSR count). The maximum atomic E-state index is 13.9. The summed E-state index contributed by atoms with van der Waals surface area (Å²) in [7, 11) is 0. The van der Waals surface area contributed by atoms with Crippen LogP contribution in [-0.4, -0.2) is 59.7 Å². The van der Waals surface area contributed by atoms with Gasteiger partial charge in [-0.15, -0.1) is 0 Å². The Balaban J connectivity index is 6.01. The highest BCUT2D eigenvalue weighted by Crippen LogP contribution is 2.60. The molecule has 0 atom stereocenters. The summed E-state index contributed by atoms with van der Waals surface area (Å²) in [4.78, 5) is 12.5. The normalized spacial score (nSPS) is 14.5. The van der Waals surface area contributed by atoms with Gasteiger partial charge in [0.25, 0.3) is 0 Å². The van der Waals surface area contributed by atoms with Gasteiger partial charge in [-0.05, 0) is 12.8 Å². The van der Waals surface area contributed by atoms with Gasteiger partial charge in [0.15, 0.2) is 0 Å². The SMILES string of the molecule is C=C(CC)C(=O)N(CCCC)CCC(F)(F)C(F)(F)C(F)(F)C(F)(F)C(F)(F)C(F)(F)F. The van der Waals surface area contributed by atoms with Crippen LogP contribution in [0.3, 0.4) is 0 Å². The highest BCUT2D eigenvalue weighted by Gasteiger charge is 2.90. The molecule has 0 radical (unpaired) electrons. The van der Waals surface area contributed by atoms with Crippen molar-refractivity contribution in [2.24, 2.45) is 0 Å². The first kappa shape index (κ1) is 30.3. The minimum atomic E-state index is -7.93. The largest absolute Gasteiger partial charge is 0.460 e. The van der Waals surface area contributed by atoms with Crippen molar-refractivity contribution in [1.29, 1.82) is 0 Å². The van der Waals surface area contributed by atoms with Gasteiger partial charge in [-0.3, -0.25) is 4.79 Å². The first-order valence-corrected chi connectivity index (χ1v) is 8.99. The minimum Gasteiger partial charge on any atom is -0.339 e. The zero-order valence-electron chi connectivity index (χ0n) is 16.7. The van der Waals surface area contributed by atoms with Crippen LogP contribution in [0.5, 0.6) is 0 Å². The Labute approximate surface area is 174 Å². The van der Waals surface area contributed by atoms with Crippen LogP contribution in [0.1, 0.15) is 39.5 Å². The van der Waals surface area contributed by atoms with Gasteiger partial charge in [-0.1, -0.05) is 26.8 Å². The zero-order valence-corrected chi connectivity index (χ0v) is 16.7. The summed E-state index contributed by atoms with van der Waals surface area (Å²) in [5.41, 5.74) is -0.196. The molecule has 0 saturated carbocycles. The summed E-state index contributed by atoms with van der Waals surface area (Å²) in [6.07, 6.45) is -9.43. The van der Waals surface area contributed by atoms with Crippen LogP contribution < -0.4 is 0 Å². The Bertz CT molecular complexity index is 670. The molecule has 0 saturated heterocycles. The van der Waals surface area contributed by atoms with Gasteiger partial charge < -0.3 is 4.90 Å². The summed E-state index contributed by atoms with van der Waals surface area (Å²) in [5, 5.41) is 0. The monoisotopic (exact) mass is 501 g/mol. The standard InChI is InChI=1S/C17H20F13NO/c1-4-6-8-31(11(32)10(3)5-2)9-7-12(18,19)13(20,21)14(22,23)15(24,25)16(26,27)17(28,29)30/h3-9H2,1-2H3. The Morgan fingerprint density at radius 1 is 0.719 bits per heavy atom. The molecule has 0 unspecified atom stereocenters. The summed E-state index contributed by atoms with van der Waals surface area (Å²) in [6.45, 7) is 4.49. The summed E-state index contributed by atoms with van der Waals surface area (Å²) in [5.74, 6) is -38.1. The first-order chi connectivity index (χ1) is 14.1. The van der Waals surface area contributed by atoms with Gasteiger partial charge in [0.2, 0.25) is 5.91 Å². The lowest BCUT2D eigenvalue weighted by molar-refractivity contribution is -0.440. The van der Waals surface area contributed by atoms with E-state index in [0.29, 0.717) is 11.3 Å². The lowest BCUT2D eigenvalue weighted by Gasteiger charge is -2.40. The summed E-state index contributed by atoms with van der Waals surface area (Å²) < 4.78 is 171. The first-order valence-electron chi connectivity index (χ1n) is 8.99. The van der Waals surface area contributed by atoms with E-state index in [1.54, 1.807) is 6.92 Å². The fraction of sp³-hybridized carbons (Fsp3) is 0.824. The van der Waals surface area contributed by atoms with Gasteiger partial charge in [0.05, 0.1) is 0 Å². The van der Waals surface area contributed by atoms with Crippen molar-refractivity contribution in [3.63, 3.8) is 0 Å². The molecule has 0 aliphatic carbocycles.